The molecule has 0 aliphatic heterocycles. The summed E-state index contributed by atoms with van der Waals surface area (Å²) in [5.74, 6) is 5.11. The molecule has 1 N–H and O–H groups in total. The number of aryl methyl sites for hydroxylation is 1. The number of carboxylic acid groups (broad SMARTS) is 1. The van der Waals surface area contributed by atoms with Gasteiger partial charge in [-0.3, -0.25) is 0 Å². The molecule has 0 radical (unpaired) electrons. The van der Waals surface area contributed by atoms with Crippen molar-refractivity contribution < 1.29 is 9.90 Å². The number of nitrogens with zero attached hydrogens (tertiary/aromatic N) is 4. The molecular formula is C19H12N4O2S. The third kappa shape index (κ3) is 3.06. The fraction of sp³-hybridized carbons (Fsp3) is 0.0526. The number of hydrogen-bond acceptors (Lipinski definition) is 5. The molecule has 0 bridgehead atoms. The molecule has 0 fully saturated rings. The molecule has 0 saturated carbocycles. The van der Waals surface area contributed by atoms with Crippen LogP contribution in [0, 0.1) is 18.8 Å². The SMILES string of the molecule is Cc1cccc(C#Cc2ccc(-c3ccn4ncc(C(=O)O)c4n3)s2)n1. The van der Waals surface area contributed by atoms with Gasteiger partial charge in [0.05, 0.1) is 21.6 Å². The number of pyridine rings is 1. The molecule has 4 aromatic heterocycles. The van der Waals surface area contributed by atoms with E-state index < -0.39 is 5.97 Å². The summed E-state index contributed by atoms with van der Waals surface area (Å²) in [4.78, 5) is 21.9. The Morgan fingerprint density at radius 2 is 2.04 bits per heavy atom. The number of aromatic carboxylic acids is 1. The predicted molar refractivity (Wildman–Crippen MR) is 98.2 cm³/mol. The van der Waals surface area contributed by atoms with Gasteiger partial charge in [0.25, 0.3) is 0 Å². The average molecular weight is 360 g/mol. The van der Waals surface area contributed by atoms with Gasteiger partial charge in [0, 0.05) is 11.9 Å². The zero-order valence-corrected chi connectivity index (χ0v) is 14.5. The highest BCUT2D eigenvalue weighted by atomic mass is 32.1. The zero-order valence-electron chi connectivity index (χ0n) is 13.7. The Kier molecular flexibility index (Phi) is 3.95. The highest BCUT2D eigenvalue weighted by molar-refractivity contribution is 7.16. The summed E-state index contributed by atoms with van der Waals surface area (Å²) < 4.78 is 1.45. The summed E-state index contributed by atoms with van der Waals surface area (Å²) in [6.45, 7) is 1.93. The number of carboxylic acids is 1. The van der Waals surface area contributed by atoms with Crippen LogP contribution in [0.2, 0.25) is 0 Å². The Balaban J connectivity index is 1.67. The molecule has 0 atom stereocenters. The van der Waals surface area contributed by atoms with E-state index in [0.717, 1.165) is 21.1 Å². The number of rotatable bonds is 2. The van der Waals surface area contributed by atoms with Gasteiger partial charge in [-0.2, -0.15) is 5.10 Å². The van der Waals surface area contributed by atoms with Crippen LogP contribution < -0.4 is 0 Å². The van der Waals surface area contributed by atoms with Gasteiger partial charge in [-0.15, -0.1) is 11.3 Å². The highest BCUT2D eigenvalue weighted by Crippen LogP contribution is 2.27. The first kappa shape index (κ1) is 16.0. The van der Waals surface area contributed by atoms with Crippen molar-refractivity contribution in [3.8, 4) is 22.4 Å². The fourth-order valence-electron chi connectivity index (χ4n) is 2.44. The van der Waals surface area contributed by atoms with E-state index in [1.54, 1.807) is 12.3 Å². The van der Waals surface area contributed by atoms with Gasteiger partial charge in [0.2, 0.25) is 0 Å². The Labute approximate surface area is 152 Å². The van der Waals surface area contributed by atoms with Crippen molar-refractivity contribution in [3.63, 3.8) is 0 Å². The zero-order chi connectivity index (χ0) is 18.1. The van der Waals surface area contributed by atoms with Crippen LogP contribution in [0.4, 0.5) is 0 Å². The van der Waals surface area contributed by atoms with Crippen LogP contribution >= 0.6 is 11.3 Å². The first-order valence-corrected chi connectivity index (χ1v) is 8.55. The molecule has 0 amide bonds. The Hall–Kier alpha value is -3.50. The van der Waals surface area contributed by atoms with Gasteiger partial charge >= 0.3 is 5.97 Å². The van der Waals surface area contributed by atoms with Crippen LogP contribution in [0.15, 0.2) is 48.8 Å². The van der Waals surface area contributed by atoms with Crippen molar-refractivity contribution in [2.45, 2.75) is 6.92 Å². The van der Waals surface area contributed by atoms with Crippen molar-refractivity contribution >= 4 is 23.0 Å². The van der Waals surface area contributed by atoms with Crippen molar-refractivity contribution in [2.75, 3.05) is 0 Å². The fourth-order valence-corrected chi connectivity index (χ4v) is 3.27. The highest BCUT2D eigenvalue weighted by Gasteiger charge is 2.14. The number of hydrogen-bond donors (Lipinski definition) is 1. The first-order chi connectivity index (χ1) is 12.6. The lowest BCUT2D eigenvalue weighted by atomic mass is 10.3. The molecule has 6 nitrogen and oxygen atoms in total. The van der Waals surface area contributed by atoms with Crippen LogP contribution in [0.25, 0.3) is 16.2 Å². The molecular weight excluding hydrogens is 348 g/mol. The summed E-state index contributed by atoms with van der Waals surface area (Å²) in [6.07, 6.45) is 3.00. The Morgan fingerprint density at radius 3 is 2.85 bits per heavy atom. The predicted octanol–water partition coefficient (Wildman–Crippen LogP) is 3.26. The smallest absolute Gasteiger partial charge is 0.341 e. The molecule has 0 saturated heterocycles. The van der Waals surface area contributed by atoms with E-state index in [1.807, 2.05) is 37.3 Å². The standard InChI is InChI=1S/C19H12N4O2S/c1-12-3-2-4-13(21-12)5-6-14-7-8-17(26-14)16-9-10-23-18(22-16)15(11-20-23)19(24)25/h2-4,7-11H,1H3,(H,24,25). The molecule has 0 aliphatic carbocycles. The van der Waals surface area contributed by atoms with Gasteiger partial charge in [-0.25, -0.2) is 19.3 Å². The van der Waals surface area contributed by atoms with Crippen LogP contribution in [0.1, 0.15) is 26.6 Å². The molecule has 0 aliphatic rings. The minimum Gasteiger partial charge on any atom is -0.477 e. The topological polar surface area (TPSA) is 80.4 Å². The van der Waals surface area contributed by atoms with Crippen molar-refractivity contribution in [1.82, 2.24) is 19.6 Å². The Bertz CT molecular complexity index is 1200. The second kappa shape index (κ2) is 6.43. The lowest BCUT2D eigenvalue weighted by molar-refractivity contribution is 0.0699. The minimum atomic E-state index is -1.05. The van der Waals surface area contributed by atoms with E-state index in [1.165, 1.54) is 22.0 Å². The maximum atomic E-state index is 11.3. The number of carbonyl (C=O) groups is 1. The number of thiophene rings is 1. The average Bonchev–Trinajstić information content (AvgIpc) is 3.26. The largest absolute Gasteiger partial charge is 0.477 e. The van der Waals surface area contributed by atoms with Crippen molar-refractivity contribution in [3.05, 3.63) is 70.6 Å². The van der Waals surface area contributed by atoms with Crippen LogP contribution in [0.5, 0.6) is 0 Å². The summed E-state index contributed by atoms with van der Waals surface area (Å²) in [7, 11) is 0. The monoisotopic (exact) mass is 360 g/mol. The number of aromatic nitrogens is 4. The van der Waals surface area contributed by atoms with E-state index in [4.69, 9.17) is 0 Å². The molecule has 0 spiro atoms. The van der Waals surface area contributed by atoms with Crippen LogP contribution in [-0.4, -0.2) is 30.7 Å². The van der Waals surface area contributed by atoms with Gasteiger partial charge in [-0.05, 0) is 49.1 Å². The lowest BCUT2D eigenvalue weighted by Gasteiger charge is -1.98. The summed E-state index contributed by atoms with van der Waals surface area (Å²) in [5, 5.41) is 13.2. The summed E-state index contributed by atoms with van der Waals surface area (Å²) in [5.41, 5.74) is 2.74. The van der Waals surface area contributed by atoms with E-state index in [-0.39, 0.29) is 5.56 Å². The maximum Gasteiger partial charge on any atom is 0.341 e. The van der Waals surface area contributed by atoms with Gasteiger partial charge in [-0.1, -0.05) is 6.07 Å². The van der Waals surface area contributed by atoms with Crippen LogP contribution in [0.3, 0.4) is 0 Å². The molecule has 4 rings (SSSR count). The molecule has 4 heterocycles. The van der Waals surface area contributed by atoms with Gasteiger partial charge in [0.1, 0.15) is 11.3 Å². The van der Waals surface area contributed by atoms with E-state index >= 15 is 0 Å². The summed E-state index contributed by atoms with van der Waals surface area (Å²) >= 11 is 1.49. The van der Waals surface area contributed by atoms with E-state index in [9.17, 15) is 9.90 Å². The second-order valence-corrected chi connectivity index (χ2v) is 6.61. The van der Waals surface area contributed by atoms with Crippen molar-refractivity contribution in [2.24, 2.45) is 0 Å². The first-order valence-electron chi connectivity index (χ1n) is 7.74. The van der Waals surface area contributed by atoms with Gasteiger partial charge in [0.15, 0.2) is 5.65 Å². The quantitative estimate of drug-likeness (QED) is 0.555. The third-order valence-corrected chi connectivity index (χ3v) is 4.68. The molecule has 4 aromatic rings. The summed E-state index contributed by atoms with van der Waals surface area (Å²) in [6, 6.07) is 11.4. The minimum absolute atomic E-state index is 0.0777. The maximum absolute atomic E-state index is 11.3. The van der Waals surface area contributed by atoms with Crippen LogP contribution in [-0.2, 0) is 0 Å². The molecule has 0 aromatic carbocycles. The molecule has 126 valence electrons. The molecule has 26 heavy (non-hydrogen) atoms. The molecule has 7 heteroatoms. The lowest BCUT2D eigenvalue weighted by Crippen LogP contribution is -1.98. The third-order valence-electron chi connectivity index (χ3n) is 3.66. The van der Waals surface area contributed by atoms with Crippen molar-refractivity contribution in [1.29, 1.82) is 0 Å². The van der Waals surface area contributed by atoms with E-state index in [0.29, 0.717) is 11.3 Å². The Morgan fingerprint density at radius 1 is 1.15 bits per heavy atom. The second-order valence-electron chi connectivity index (χ2n) is 5.52. The normalized spacial score (nSPS) is 10.5. The van der Waals surface area contributed by atoms with E-state index in [2.05, 4.69) is 26.9 Å². The van der Waals surface area contributed by atoms with Gasteiger partial charge < -0.3 is 5.11 Å². The number of fused-ring (bicyclic) bond motifs is 1. The molecule has 0 unspecified atom stereocenters.